The second kappa shape index (κ2) is 8.17. The SMILES string of the molecule is C[C@H](OCc1ccc(Cl)cc1)[C@@H](NC(=O)OC(C)(C)C)C(=O)O. The molecule has 2 atom stereocenters. The number of amides is 1. The van der Waals surface area contributed by atoms with E-state index in [1.165, 1.54) is 0 Å². The molecule has 7 heteroatoms. The Hall–Kier alpha value is -1.79. The van der Waals surface area contributed by atoms with Crippen LogP contribution >= 0.6 is 11.6 Å². The molecule has 0 radical (unpaired) electrons. The fraction of sp³-hybridized carbons (Fsp3) is 0.500. The van der Waals surface area contributed by atoms with E-state index < -0.39 is 29.8 Å². The third kappa shape index (κ3) is 7.34. The number of hydrogen-bond acceptors (Lipinski definition) is 4. The Morgan fingerprint density at radius 3 is 2.30 bits per heavy atom. The predicted octanol–water partition coefficient (Wildman–Crippen LogP) is 3.22. The molecule has 1 aromatic carbocycles. The van der Waals surface area contributed by atoms with Crippen LogP contribution in [0, 0.1) is 0 Å². The summed E-state index contributed by atoms with van der Waals surface area (Å²) in [6, 6.07) is 5.80. The van der Waals surface area contributed by atoms with Crippen LogP contribution < -0.4 is 5.32 Å². The van der Waals surface area contributed by atoms with Crippen LogP contribution in [0.1, 0.15) is 33.3 Å². The zero-order chi connectivity index (χ0) is 17.6. The number of ether oxygens (including phenoxy) is 2. The fourth-order valence-electron chi connectivity index (χ4n) is 1.72. The summed E-state index contributed by atoms with van der Waals surface area (Å²) < 4.78 is 10.6. The van der Waals surface area contributed by atoms with Crippen LogP contribution in [0.5, 0.6) is 0 Å². The molecule has 0 fully saturated rings. The minimum atomic E-state index is -1.21. The van der Waals surface area contributed by atoms with Gasteiger partial charge >= 0.3 is 12.1 Å². The van der Waals surface area contributed by atoms with Crippen molar-refractivity contribution < 1.29 is 24.2 Å². The van der Waals surface area contributed by atoms with Gasteiger partial charge in [-0.1, -0.05) is 23.7 Å². The van der Waals surface area contributed by atoms with Gasteiger partial charge in [0.25, 0.3) is 0 Å². The first-order chi connectivity index (χ1) is 10.6. The quantitative estimate of drug-likeness (QED) is 0.828. The molecule has 0 saturated heterocycles. The van der Waals surface area contributed by atoms with Gasteiger partial charge < -0.3 is 19.9 Å². The number of carbonyl (C=O) groups is 2. The Bertz CT molecular complexity index is 538. The van der Waals surface area contributed by atoms with Crippen LogP contribution in [0.2, 0.25) is 5.02 Å². The van der Waals surface area contributed by atoms with E-state index in [2.05, 4.69) is 5.32 Å². The van der Waals surface area contributed by atoms with Crippen LogP contribution in [-0.4, -0.2) is 34.9 Å². The van der Waals surface area contributed by atoms with E-state index in [9.17, 15) is 14.7 Å². The third-order valence-corrected chi connectivity index (χ3v) is 3.09. The standard InChI is InChI=1S/C16H22ClNO5/c1-10(22-9-11-5-7-12(17)8-6-11)13(14(19)20)18-15(21)23-16(2,3)4/h5-8,10,13H,9H2,1-4H3,(H,18,21)(H,19,20)/t10-,13+/m0/s1. The Kier molecular flexibility index (Phi) is 6.84. The van der Waals surface area contributed by atoms with E-state index in [1.54, 1.807) is 52.0 Å². The minimum absolute atomic E-state index is 0.206. The molecule has 0 heterocycles. The summed E-state index contributed by atoms with van der Waals surface area (Å²) in [7, 11) is 0. The number of nitrogens with one attached hydrogen (secondary N) is 1. The third-order valence-electron chi connectivity index (χ3n) is 2.83. The Morgan fingerprint density at radius 2 is 1.83 bits per heavy atom. The smallest absolute Gasteiger partial charge is 0.408 e. The first-order valence-corrected chi connectivity index (χ1v) is 7.54. The van der Waals surface area contributed by atoms with Gasteiger partial charge in [0.05, 0.1) is 12.7 Å². The van der Waals surface area contributed by atoms with Crippen LogP contribution in [0.3, 0.4) is 0 Å². The van der Waals surface area contributed by atoms with Gasteiger partial charge in [0.2, 0.25) is 0 Å². The average Bonchev–Trinajstić information content (AvgIpc) is 2.41. The highest BCUT2D eigenvalue weighted by atomic mass is 35.5. The molecule has 0 spiro atoms. The molecular formula is C16H22ClNO5. The number of rotatable bonds is 6. The number of hydrogen-bond donors (Lipinski definition) is 2. The number of aliphatic carboxylic acids is 1. The van der Waals surface area contributed by atoms with E-state index in [4.69, 9.17) is 21.1 Å². The molecule has 0 aliphatic carbocycles. The zero-order valence-corrected chi connectivity index (χ0v) is 14.4. The van der Waals surface area contributed by atoms with Crippen molar-refractivity contribution in [3.63, 3.8) is 0 Å². The van der Waals surface area contributed by atoms with Gasteiger partial charge in [-0.2, -0.15) is 0 Å². The lowest BCUT2D eigenvalue weighted by Gasteiger charge is -2.25. The molecule has 0 saturated carbocycles. The van der Waals surface area contributed by atoms with Crippen LogP contribution in [0.25, 0.3) is 0 Å². The number of halogens is 1. The van der Waals surface area contributed by atoms with Crippen molar-refractivity contribution in [1.82, 2.24) is 5.32 Å². The minimum Gasteiger partial charge on any atom is -0.480 e. The van der Waals surface area contributed by atoms with Crippen LogP contribution in [-0.2, 0) is 20.9 Å². The van der Waals surface area contributed by atoms with Gasteiger partial charge in [-0.05, 0) is 45.4 Å². The summed E-state index contributed by atoms with van der Waals surface area (Å²) in [6.07, 6.45) is -1.54. The maximum absolute atomic E-state index is 11.7. The highest BCUT2D eigenvalue weighted by Gasteiger charge is 2.29. The molecule has 0 aliphatic rings. The summed E-state index contributed by atoms with van der Waals surface area (Å²) in [5, 5.41) is 12.2. The highest BCUT2D eigenvalue weighted by Crippen LogP contribution is 2.12. The summed E-state index contributed by atoms with van der Waals surface area (Å²) >= 11 is 5.80. The van der Waals surface area contributed by atoms with Crippen LogP contribution in [0.4, 0.5) is 4.79 Å². The average molecular weight is 344 g/mol. The Morgan fingerprint density at radius 1 is 1.26 bits per heavy atom. The molecule has 2 N–H and O–H groups in total. The number of alkyl carbamates (subject to hydrolysis) is 1. The molecule has 128 valence electrons. The Balaban J connectivity index is 2.60. The lowest BCUT2D eigenvalue weighted by atomic mass is 10.1. The van der Waals surface area contributed by atoms with E-state index in [0.717, 1.165) is 5.56 Å². The molecule has 23 heavy (non-hydrogen) atoms. The molecule has 1 aromatic rings. The van der Waals surface area contributed by atoms with E-state index in [0.29, 0.717) is 5.02 Å². The van der Waals surface area contributed by atoms with E-state index in [-0.39, 0.29) is 6.61 Å². The predicted molar refractivity (Wildman–Crippen MR) is 86.5 cm³/mol. The van der Waals surface area contributed by atoms with Gasteiger partial charge in [0.1, 0.15) is 5.60 Å². The van der Waals surface area contributed by atoms with E-state index in [1.807, 2.05) is 0 Å². The molecular weight excluding hydrogens is 322 g/mol. The van der Waals surface area contributed by atoms with Gasteiger partial charge in [0, 0.05) is 5.02 Å². The highest BCUT2D eigenvalue weighted by molar-refractivity contribution is 6.30. The molecule has 6 nitrogen and oxygen atoms in total. The molecule has 0 unspecified atom stereocenters. The number of carboxylic acids is 1. The van der Waals surface area contributed by atoms with Gasteiger partial charge in [0.15, 0.2) is 6.04 Å². The summed E-state index contributed by atoms with van der Waals surface area (Å²) in [5.74, 6) is -1.19. The number of carbonyl (C=O) groups excluding carboxylic acids is 1. The van der Waals surface area contributed by atoms with E-state index >= 15 is 0 Å². The van der Waals surface area contributed by atoms with Gasteiger partial charge in [-0.3, -0.25) is 0 Å². The van der Waals surface area contributed by atoms with Gasteiger partial charge in [-0.15, -0.1) is 0 Å². The second-order valence-electron chi connectivity index (χ2n) is 6.10. The first-order valence-electron chi connectivity index (χ1n) is 7.17. The molecule has 0 aromatic heterocycles. The maximum atomic E-state index is 11.7. The molecule has 0 bridgehead atoms. The molecule has 1 rings (SSSR count). The largest absolute Gasteiger partial charge is 0.480 e. The topological polar surface area (TPSA) is 84.9 Å². The van der Waals surface area contributed by atoms with Crippen molar-refractivity contribution in [1.29, 1.82) is 0 Å². The van der Waals surface area contributed by atoms with Crippen molar-refractivity contribution in [3.05, 3.63) is 34.9 Å². The maximum Gasteiger partial charge on any atom is 0.408 e. The normalized spacial score (nSPS) is 14.0. The number of carboxylic acid groups (broad SMARTS) is 1. The van der Waals surface area contributed by atoms with Crippen molar-refractivity contribution in [2.24, 2.45) is 0 Å². The van der Waals surface area contributed by atoms with Crippen molar-refractivity contribution in [2.75, 3.05) is 0 Å². The van der Waals surface area contributed by atoms with Crippen molar-refractivity contribution in [2.45, 2.75) is 52.0 Å². The lowest BCUT2D eigenvalue weighted by Crippen LogP contribution is -2.50. The van der Waals surface area contributed by atoms with Crippen LogP contribution in [0.15, 0.2) is 24.3 Å². The van der Waals surface area contributed by atoms with Crippen molar-refractivity contribution >= 4 is 23.7 Å². The fourth-order valence-corrected chi connectivity index (χ4v) is 1.84. The monoisotopic (exact) mass is 343 g/mol. The number of benzene rings is 1. The Labute approximate surface area is 140 Å². The van der Waals surface area contributed by atoms with Gasteiger partial charge in [-0.25, -0.2) is 9.59 Å². The second-order valence-corrected chi connectivity index (χ2v) is 6.54. The molecule has 0 aliphatic heterocycles. The first kappa shape index (κ1) is 19.3. The summed E-state index contributed by atoms with van der Waals surface area (Å²) in [5.41, 5.74) is 0.142. The molecule has 1 amide bonds. The van der Waals surface area contributed by atoms with Crippen molar-refractivity contribution in [3.8, 4) is 0 Å². The lowest BCUT2D eigenvalue weighted by molar-refractivity contribution is -0.143. The summed E-state index contributed by atoms with van der Waals surface area (Å²) in [4.78, 5) is 23.1. The zero-order valence-electron chi connectivity index (χ0n) is 13.6. The summed E-state index contributed by atoms with van der Waals surface area (Å²) in [6.45, 7) is 6.87.